The number of aromatic nitrogens is 2. The number of fused-ring (bicyclic) bond motifs is 1. The molecule has 7 heteroatoms. The monoisotopic (exact) mass is 403 g/mol. The molecule has 0 aliphatic heterocycles. The lowest BCUT2D eigenvalue weighted by Gasteiger charge is -2.15. The fraction of sp³-hybridized carbons (Fsp3) is 0.174. The second-order valence-corrected chi connectivity index (χ2v) is 7.05. The van der Waals surface area contributed by atoms with E-state index >= 15 is 0 Å². The Morgan fingerprint density at radius 3 is 2.17 bits per heavy atom. The van der Waals surface area contributed by atoms with Gasteiger partial charge in [0.2, 0.25) is 5.91 Å². The second-order valence-electron chi connectivity index (χ2n) is 7.05. The Hall–Kier alpha value is -3.87. The first-order valence-electron chi connectivity index (χ1n) is 9.61. The maximum atomic E-state index is 12.9. The quantitative estimate of drug-likeness (QED) is 0.501. The van der Waals surface area contributed by atoms with Gasteiger partial charge >= 0.3 is 11.1 Å². The largest absolute Gasteiger partial charge is 0.465 e. The van der Waals surface area contributed by atoms with E-state index in [0.717, 1.165) is 11.3 Å². The molecule has 0 aliphatic rings. The van der Waals surface area contributed by atoms with E-state index in [1.807, 2.05) is 43.3 Å². The van der Waals surface area contributed by atoms with E-state index in [9.17, 15) is 14.4 Å². The lowest BCUT2D eigenvalue weighted by atomic mass is 10.2. The number of nitrogens with zero attached hydrogens (tertiary/aromatic N) is 2. The standard InChI is InChI=1S/C23H21N3O4/c1-16-11-12-18(30-16)13-24-21(27)15-26-20-10-6-5-9-19(20)25(22(28)23(26)29)14-17-7-3-2-4-8-17/h2-12H,13-15H2,1H3,(H,24,27). The van der Waals surface area contributed by atoms with Crippen LogP contribution in [0.2, 0.25) is 0 Å². The van der Waals surface area contributed by atoms with Gasteiger partial charge in [0.15, 0.2) is 0 Å². The van der Waals surface area contributed by atoms with Crippen LogP contribution in [0.25, 0.3) is 11.0 Å². The topological polar surface area (TPSA) is 86.2 Å². The molecule has 0 unspecified atom stereocenters. The molecule has 2 aromatic heterocycles. The number of amides is 1. The maximum absolute atomic E-state index is 12.9. The van der Waals surface area contributed by atoms with Gasteiger partial charge in [0.05, 0.1) is 24.1 Å². The van der Waals surface area contributed by atoms with Crippen molar-refractivity contribution in [2.45, 2.75) is 26.6 Å². The van der Waals surface area contributed by atoms with Crippen LogP contribution in [0.5, 0.6) is 0 Å². The van der Waals surface area contributed by atoms with Gasteiger partial charge in [0.25, 0.3) is 0 Å². The minimum atomic E-state index is -0.728. The SMILES string of the molecule is Cc1ccc(CNC(=O)Cn2c(=O)c(=O)n(Cc3ccccc3)c3ccccc32)o1. The van der Waals surface area contributed by atoms with Crippen molar-refractivity contribution >= 4 is 16.9 Å². The summed E-state index contributed by atoms with van der Waals surface area (Å²) in [5.41, 5.74) is 0.650. The summed E-state index contributed by atoms with van der Waals surface area (Å²) in [5.74, 6) is 0.997. The summed E-state index contributed by atoms with van der Waals surface area (Å²) in [6.45, 7) is 2.06. The van der Waals surface area contributed by atoms with Crippen molar-refractivity contribution in [1.82, 2.24) is 14.5 Å². The number of carbonyl (C=O) groups is 1. The molecule has 7 nitrogen and oxygen atoms in total. The van der Waals surface area contributed by atoms with Crippen LogP contribution in [-0.4, -0.2) is 15.0 Å². The summed E-state index contributed by atoms with van der Waals surface area (Å²) in [7, 11) is 0. The number of benzene rings is 2. The van der Waals surface area contributed by atoms with Crippen molar-refractivity contribution in [3.63, 3.8) is 0 Å². The molecule has 0 aliphatic carbocycles. The van der Waals surface area contributed by atoms with E-state index in [1.165, 1.54) is 9.13 Å². The summed E-state index contributed by atoms with van der Waals surface area (Å²) in [4.78, 5) is 38.1. The van der Waals surface area contributed by atoms with Gasteiger partial charge in [-0.05, 0) is 36.8 Å². The summed E-state index contributed by atoms with van der Waals surface area (Å²) in [6.07, 6.45) is 0. The van der Waals surface area contributed by atoms with Crippen LogP contribution >= 0.6 is 0 Å². The molecule has 30 heavy (non-hydrogen) atoms. The average molecular weight is 403 g/mol. The molecule has 1 amide bonds. The highest BCUT2D eigenvalue weighted by molar-refractivity contribution is 5.80. The molecule has 0 bridgehead atoms. The number of rotatable bonds is 6. The Labute approximate surface area is 172 Å². The second kappa shape index (κ2) is 8.24. The van der Waals surface area contributed by atoms with E-state index in [2.05, 4.69) is 5.32 Å². The van der Waals surface area contributed by atoms with Crippen molar-refractivity contribution in [3.05, 3.63) is 105 Å². The predicted octanol–water partition coefficient (Wildman–Crippen LogP) is 2.43. The van der Waals surface area contributed by atoms with Crippen LogP contribution < -0.4 is 16.4 Å². The van der Waals surface area contributed by atoms with Gasteiger partial charge < -0.3 is 9.73 Å². The number of hydrogen-bond acceptors (Lipinski definition) is 4. The molecule has 4 rings (SSSR count). The zero-order chi connectivity index (χ0) is 21.1. The highest BCUT2D eigenvalue weighted by Crippen LogP contribution is 2.12. The maximum Gasteiger partial charge on any atom is 0.317 e. The van der Waals surface area contributed by atoms with E-state index < -0.39 is 11.1 Å². The van der Waals surface area contributed by atoms with Gasteiger partial charge in [0, 0.05) is 0 Å². The van der Waals surface area contributed by atoms with Crippen LogP contribution in [0.15, 0.2) is 80.7 Å². The lowest BCUT2D eigenvalue weighted by Crippen LogP contribution is -2.44. The molecule has 4 aromatic rings. The Morgan fingerprint density at radius 1 is 0.867 bits per heavy atom. The molecule has 0 atom stereocenters. The summed E-state index contributed by atoms with van der Waals surface area (Å²) in [6, 6.07) is 20.1. The lowest BCUT2D eigenvalue weighted by molar-refractivity contribution is -0.121. The molecular weight excluding hydrogens is 382 g/mol. The third-order valence-electron chi connectivity index (χ3n) is 4.88. The smallest absolute Gasteiger partial charge is 0.317 e. The number of hydrogen-bond donors (Lipinski definition) is 1. The minimum Gasteiger partial charge on any atom is -0.465 e. The molecule has 0 radical (unpaired) electrons. The van der Waals surface area contributed by atoms with Crippen LogP contribution in [0.3, 0.4) is 0 Å². The first kappa shape index (κ1) is 19.4. The first-order valence-corrected chi connectivity index (χ1v) is 9.61. The Kier molecular flexibility index (Phi) is 5.34. The molecule has 0 saturated heterocycles. The van der Waals surface area contributed by atoms with Crippen molar-refractivity contribution in [2.24, 2.45) is 0 Å². The number of para-hydroxylation sites is 2. The Morgan fingerprint density at radius 2 is 1.50 bits per heavy atom. The number of furan rings is 1. The molecule has 152 valence electrons. The Bertz CT molecular complexity index is 1320. The van der Waals surface area contributed by atoms with Gasteiger partial charge in [0.1, 0.15) is 18.1 Å². The van der Waals surface area contributed by atoms with Gasteiger partial charge in [-0.3, -0.25) is 23.5 Å². The molecule has 2 aromatic carbocycles. The van der Waals surface area contributed by atoms with Crippen molar-refractivity contribution in [2.75, 3.05) is 0 Å². The molecule has 2 heterocycles. The summed E-state index contributed by atoms with van der Waals surface area (Å²) in [5, 5.41) is 2.73. The van der Waals surface area contributed by atoms with Crippen molar-refractivity contribution in [3.8, 4) is 0 Å². The third kappa shape index (κ3) is 3.96. The van der Waals surface area contributed by atoms with Crippen LogP contribution in [0.4, 0.5) is 0 Å². The van der Waals surface area contributed by atoms with Crippen LogP contribution in [0, 0.1) is 6.92 Å². The van der Waals surface area contributed by atoms with Gasteiger partial charge in [-0.25, -0.2) is 0 Å². The van der Waals surface area contributed by atoms with E-state index in [-0.39, 0.29) is 25.5 Å². The average Bonchev–Trinajstić information content (AvgIpc) is 3.18. The van der Waals surface area contributed by atoms with Gasteiger partial charge in [-0.1, -0.05) is 42.5 Å². The fourth-order valence-corrected chi connectivity index (χ4v) is 3.42. The molecular formula is C23H21N3O4. The summed E-state index contributed by atoms with van der Waals surface area (Å²) < 4.78 is 8.11. The Balaban J connectivity index is 1.66. The molecule has 0 spiro atoms. The number of carbonyl (C=O) groups excluding carboxylic acids is 1. The van der Waals surface area contributed by atoms with E-state index in [1.54, 1.807) is 30.3 Å². The van der Waals surface area contributed by atoms with E-state index in [0.29, 0.717) is 16.8 Å². The molecule has 1 N–H and O–H groups in total. The third-order valence-corrected chi connectivity index (χ3v) is 4.88. The fourth-order valence-electron chi connectivity index (χ4n) is 3.42. The molecule has 0 fully saturated rings. The van der Waals surface area contributed by atoms with E-state index in [4.69, 9.17) is 4.42 Å². The zero-order valence-electron chi connectivity index (χ0n) is 16.5. The van der Waals surface area contributed by atoms with Gasteiger partial charge in [-0.2, -0.15) is 0 Å². The van der Waals surface area contributed by atoms with Crippen LogP contribution in [0.1, 0.15) is 17.1 Å². The van der Waals surface area contributed by atoms with Crippen LogP contribution in [-0.2, 0) is 24.4 Å². The highest BCUT2D eigenvalue weighted by atomic mass is 16.3. The summed E-state index contributed by atoms with van der Waals surface area (Å²) >= 11 is 0. The minimum absolute atomic E-state index is 0.213. The predicted molar refractivity (Wildman–Crippen MR) is 113 cm³/mol. The zero-order valence-corrected chi connectivity index (χ0v) is 16.5. The van der Waals surface area contributed by atoms with Crippen molar-refractivity contribution < 1.29 is 9.21 Å². The molecule has 0 saturated carbocycles. The number of aryl methyl sites for hydroxylation is 1. The van der Waals surface area contributed by atoms with Gasteiger partial charge in [-0.15, -0.1) is 0 Å². The first-order chi connectivity index (χ1) is 14.5. The number of nitrogens with one attached hydrogen (secondary N) is 1. The highest BCUT2D eigenvalue weighted by Gasteiger charge is 2.15. The normalized spacial score (nSPS) is 11.0. The van der Waals surface area contributed by atoms with Crippen molar-refractivity contribution in [1.29, 1.82) is 0 Å².